The van der Waals surface area contributed by atoms with Gasteiger partial charge in [0.25, 0.3) is 11.2 Å². The van der Waals surface area contributed by atoms with Crippen LogP contribution in [0.25, 0.3) is 10.9 Å². The second-order valence-corrected chi connectivity index (χ2v) is 5.55. The fourth-order valence-corrected chi connectivity index (χ4v) is 2.76. The molecule has 0 atom stereocenters. The van der Waals surface area contributed by atoms with E-state index in [1.807, 2.05) is 0 Å². The number of hydrogen-bond acceptors (Lipinski definition) is 5. The highest BCUT2D eigenvalue weighted by atomic mass is 16.6. The van der Waals surface area contributed by atoms with Crippen molar-refractivity contribution in [3.63, 3.8) is 0 Å². The maximum atomic E-state index is 12.6. The van der Waals surface area contributed by atoms with Crippen LogP contribution in [0, 0.1) is 10.1 Å². The highest BCUT2D eigenvalue weighted by Gasteiger charge is 2.18. The van der Waals surface area contributed by atoms with Crippen molar-refractivity contribution < 1.29 is 10.0 Å². The normalized spacial score (nSPS) is 11.7. The van der Waals surface area contributed by atoms with Crippen LogP contribution >= 0.6 is 0 Å². The fraction of sp³-hybridized carbons (Fsp3) is 0.111. The van der Waals surface area contributed by atoms with Gasteiger partial charge in [0.15, 0.2) is 0 Å². The van der Waals surface area contributed by atoms with E-state index in [1.165, 1.54) is 16.7 Å². The molecule has 0 spiro atoms. The van der Waals surface area contributed by atoms with Crippen molar-refractivity contribution in [1.29, 1.82) is 0 Å². The van der Waals surface area contributed by atoms with Crippen molar-refractivity contribution >= 4 is 28.0 Å². The van der Waals surface area contributed by atoms with Crippen LogP contribution in [0.5, 0.6) is 5.75 Å². The maximum absolute atomic E-state index is 12.6. The van der Waals surface area contributed by atoms with Crippen LogP contribution in [0.1, 0.15) is 12.5 Å². The van der Waals surface area contributed by atoms with E-state index in [2.05, 4.69) is 4.99 Å². The number of pyridine rings is 1. The van der Waals surface area contributed by atoms with Gasteiger partial charge in [-0.3, -0.25) is 14.9 Å². The predicted molar refractivity (Wildman–Crippen MR) is 95.8 cm³/mol. The van der Waals surface area contributed by atoms with Crippen LogP contribution in [0.15, 0.2) is 58.3 Å². The van der Waals surface area contributed by atoms with Gasteiger partial charge >= 0.3 is 0 Å². The smallest absolute Gasteiger partial charge is 0.294 e. The number of nitrogens with zero attached hydrogens (tertiary/aromatic N) is 3. The van der Waals surface area contributed by atoms with E-state index in [0.717, 1.165) is 0 Å². The largest absolute Gasteiger partial charge is 0.506 e. The van der Waals surface area contributed by atoms with Crippen LogP contribution < -0.4 is 5.56 Å². The molecule has 0 saturated heterocycles. The second-order valence-electron chi connectivity index (χ2n) is 5.55. The number of aromatic nitrogens is 1. The van der Waals surface area contributed by atoms with Crippen molar-refractivity contribution in [3.8, 4) is 5.75 Å². The Kier molecular flexibility index (Phi) is 4.06. The SMILES string of the molecule is CC(=Nc1ccccc1[N+](=O)[O-])c1c(O)c2ccccc2n(C)c1=O. The van der Waals surface area contributed by atoms with Crippen molar-refractivity contribution in [2.75, 3.05) is 0 Å². The quantitative estimate of drug-likeness (QED) is 0.450. The van der Waals surface area contributed by atoms with Gasteiger partial charge in [-0.05, 0) is 25.1 Å². The first-order valence-electron chi connectivity index (χ1n) is 7.51. The summed E-state index contributed by atoms with van der Waals surface area (Å²) in [5.74, 6) is -0.182. The number of rotatable bonds is 3. The number of aryl methyl sites for hydroxylation is 1. The summed E-state index contributed by atoms with van der Waals surface area (Å²) in [5, 5.41) is 22.2. The first-order valence-corrected chi connectivity index (χ1v) is 7.51. The Morgan fingerprint density at radius 3 is 2.52 bits per heavy atom. The predicted octanol–water partition coefficient (Wildman–Crippen LogP) is 3.29. The lowest BCUT2D eigenvalue weighted by Crippen LogP contribution is -2.24. The topological polar surface area (TPSA) is 97.7 Å². The molecular weight excluding hydrogens is 322 g/mol. The Morgan fingerprint density at radius 2 is 1.80 bits per heavy atom. The summed E-state index contributed by atoms with van der Waals surface area (Å²) >= 11 is 0. The molecule has 3 rings (SSSR count). The van der Waals surface area contributed by atoms with Gasteiger partial charge in [0.05, 0.1) is 16.2 Å². The molecule has 0 aliphatic heterocycles. The van der Waals surface area contributed by atoms with E-state index in [9.17, 15) is 20.0 Å². The monoisotopic (exact) mass is 337 g/mol. The summed E-state index contributed by atoms with van der Waals surface area (Å²) in [6.07, 6.45) is 0. The third-order valence-corrected chi connectivity index (χ3v) is 4.00. The number of nitro groups is 1. The maximum Gasteiger partial charge on any atom is 0.294 e. The van der Waals surface area contributed by atoms with Crippen LogP contribution in [-0.4, -0.2) is 20.3 Å². The Bertz CT molecular complexity index is 1080. The number of fused-ring (bicyclic) bond motifs is 1. The second kappa shape index (κ2) is 6.20. The first-order chi connectivity index (χ1) is 11.9. The van der Waals surface area contributed by atoms with Crippen LogP contribution in [0.4, 0.5) is 11.4 Å². The molecule has 25 heavy (non-hydrogen) atoms. The zero-order chi connectivity index (χ0) is 18.1. The number of aromatic hydroxyl groups is 1. The summed E-state index contributed by atoms with van der Waals surface area (Å²) in [6.45, 7) is 1.54. The van der Waals surface area contributed by atoms with Gasteiger partial charge in [-0.25, -0.2) is 4.99 Å². The van der Waals surface area contributed by atoms with Gasteiger partial charge in [-0.2, -0.15) is 0 Å². The van der Waals surface area contributed by atoms with Gasteiger partial charge in [0.2, 0.25) is 0 Å². The van der Waals surface area contributed by atoms with Crippen LogP contribution in [-0.2, 0) is 7.05 Å². The average molecular weight is 337 g/mol. The first kappa shape index (κ1) is 16.4. The lowest BCUT2D eigenvalue weighted by Gasteiger charge is -2.11. The Hall–Kier alpha value is -3.48. The summed E-state index contributed by atoms with van der Waals surface area (Å²) in [5.41, 5.74) is 0.361. The lowest BCUT2D eigenvalue weighted by molar-refractivity contribution is -0.384. The number of hydrogen-bond donors (Lipinski definition) is 1. The minimum atomic E-state index is -0.537. The van der Waals surface area contributed by atoms with E-state index < -0.39 is 10.5 Å². The molecule has 2 aromatic carbocycles. The summed E-state index contributed by atoms with van der Waals surface area (Å²) in [7, 11) is 1.60. The molecule has 0 amide bonds. The zero-order valence-electron chi connectivity index (χ0n) is 13.6. The molecule has 0 radical (unpaired) electrons. The van der Waals surface area contributed by atoms with Gasteiger partial charge < -0.3 is 9.67 Å². The molecule has 7 nitrogen and oxygen atoms in total. The number of aliphatic imine (C=N–C) groups is 1. The molecule has 3 aromatic rings. The van der Waals surface area contributed by atoms with Gasteiger partial charge in [0.1, 0.15) is 17.0 Å². The lowest BCUT2D eigenvalue weighted by atomic mass is 10.1. The fourth-order valence-electron chi connectivity index (χ4n) is 2.76. The standard InChI is InChI=1S/C18H15N3O4/c1-11(19-13-8-4-6-10-15(13)21(24)25)16-17(22)12-7-3-5-9-14(12)20(2)18(16)23/h3-10,22H,1-2H3. The van der Waals surface area contributed by atoms with E-state index in [0.29, 0.717) is 10.9 Å². The van der Waals surface area contributed by atoms with Crippen molar-refractivity contribution in [1.82, 2.24) is 4.57 Å². The minimum absolute atomic E-state index is 0.0272. The van der Waals surface area contributed by atoms with Crippen molar-refractivity contribution in [3.05, 3.63) is 74.6 Å². The molecule has 0 aliphatic carbocycles. The van der Waals surface area contributed by atoms with E-state index in [1.54, 1.807) is 50.4 Å². The molecule has 1 N–H and O–H groups in total. The van der Waals surface area contributed by atoms with E-state index in [-0.39, 0.29) is 28.4 Å². The molecule has 0 bridgehead atoms. The zero-order valence-corrected chi connectivity index (χ0v) is 13.6. The number of benzene rings is 2. The summed E-state index contributed by atoms with van der Waals surface area (Å²) in [4.78, 5) is 27.5. The molecule has 0 unspecified atom stereocenters. The molecular formula is C18H15N3O4. The highest BCUT2D eigenvalue weighted by Crippen LogP contribution is 2.30. The van der Waals surface area contributed by atoms with Gasteiger partial charge in [-0.1, -0.05) is 24.3 Å². The number of nitro benzene ring substituents is 1. The number of para-hydroxylation sites is 3. The summed E-state index contributed by atoms with van der Waals surface area (Å²) < 4.78 is 1.42. The van der Waals surface area contributed by atoms with Gasteiger partial charge in [-0.15, -0.1) is 0 Å². The molecule has 0 aliphatic rings. The Morgan fingerprint density at radius 1 is 1.16 bits per heavy atom. The van der Waals surface area contributed by atoms with E-state index in [4.69, 9.17) is 0 Å². The molecule has 0 saturated carbocycles. The van der Waals surface area contributed by atoms with E-state index >= 15 is 0 Å². The highest BCUT2D eigenvalue weighted by molar-refractivity contribution is 6.06. The van der Waals surface area contributed by atoms with Crippen LogP contribution in [0.3, 0.4) is 0 Å². The Balaban J connectivity index is 2.27. The molecule has 126 valence electrons. The molecule has 7 heteroatoms. The molecule has 1 heterocycles. The van der Waals surface area contributed by atoms with Gasteiger partial charge in [0, 0.05) is 18.5 Å². The molecule has 0 fully saturated rings. The molecule has 1 aromatic heterocycles. The minimum Gasteiger partial charge on any atom is -0.506 e. The third kappa shape index (κ3) is 2.76. The summed E-state index contributed by atoms with van der Waals surface area (Å²) in [6, 6.07) is 13.0. The van der Waals surface area contributed by atoms with Crippen molar-refractivity contribution in [2.24, 2.45) is 12.0 Å². The van der Waals surface area contributed by atoms with Crippen LogP contribution in [0.2, 0.25) is 0 Å². The Labute approximate surface area is 142 Å². The van der Waals surface area contributed by atoms with Crippen molar-refractivity contribution in [2.45, 2.75) is 6.92 Å². The average Bonchev–Trinajstić information content (AvgIpc) is 2.60. The third-order valence-electron chi connectivity index (χ3n) is 4.00.